The van der Waals surface area contributed by atoms with Crippen LogP contribution in [-0.4, -0.2) is 80.5 Å². The maximum absolute atomic E-state index is 12.7. The van der Waals surface area contributed by atoms with Crippen molar-refractivity contribution < 1.29 is 58.3 Å². The van der Waals surface area contributed by atoms with Crippen molar-refractivity contribution in [3.63, 3.8) is 0 Å². The molecule has 0 aromatic heterocycles. The lowest BCUT2D eigenvalue weighted by Crippen LogP contribution is -2.33. The molecule has 0 radical (unpaired) electrons. The van der Waals surface area contributed by atoms with Gasteiger partial charge in [-0.15, -0.1) is 0 Å². The first kappa shape index (κ1) is 27.9. The Balaban J connectivity index is 1.77. The number of benzene rings is 4. The summed E-state index contributed by atoms with van der Waals surface area (Å²) in [4.78, 5) is 22.7. The summed E-state index contributed by atoms with van der Waals surface area (Å²) in [5, 5.41) is 8.32. The van der Waals surface area contributed by atoms with Gasteiger partial charge in [0.05, 0.1) is 5.92 Å². The molecule has 1 aliphatic rings. The molecule has 0 spiro atoms. The molecule has 40 heavy (non-hydrogen) atoms. The van der Waals surface area contributed by atoms with Gasteiger partial charge in [0.2, 0.25) is 0 Å². The van der Waals surface area contributed by atoms with Crippen LogP contribution in [0.2, 0.25) is 0 Å². The molecule has 0 bridgehead atoms. The largest absolute Gasteiger partial charge is 0.483 e. The fourth-order valence-corrected chi connectivity index (χ4v) is 7.25. The summed E-state index contributed by atoms with van der Waals surface area (Å²) in [5.74, 6) is -2.68. The van der Waals surface area contributed by atoms with Gasteiger partial charge in [0.1, 0.15) is 20.4 Å². The van der Waals surface area contributed by atoms with Gasteiger partial charge >= 0.3 is 5.97 Å². The molecule has 5 rings (SSSR count). The van der Waals surface area contributed by atoms with E-state index in [1.807, 2.05) is 0 Å². The van der Waals surface area contributed by atoms with E-state index in [1.54, 1.807) is 0 Å². The zero-order chi connectivity index (χ0) is 29.4. The smallest absolute Gasteiger partial charge is 0.308 e. The number of ether oxygens (including phenoxy) is 1. The number of carbonyl (C=O) groups excluding carboxylic acids is 1. The number of hydrogen-bond donors (Lipinski definition) is 4. The predicted molar refractivity (Wildman–Crippen MR) is 137 cm³/mol. The molecule has 0 saturated carbocycles. The topological polar surface area (TPSA) is 230 Å². The lowest BCUT2D eigenvalue weighted by molar-refractivity contribution is -0.141. The van der Waals surface area contributed by atoms with Crippen LogP contribution in [0.15, 0.2) is 51.1 Å². The van der Waals surface area contributed by atoms with E-state index in [4.69, 9.17) is 9.84 Å². The molecule has 14 nitrogen and oxygen atoms in total. The summed E-state index contributed by atoms with van der Waals surface area (Å²) in [6.07, 6.45) is 0.235. The maximum Gasteiger partial charge on any atom is 0.308 e. The average molecular weight is 614 g/mol. The van der Waals surface area contributed by atoms with Gasteiger partial charge in [-0.05, 0) is 18.6 Å². The minimum Gasteiger partial charge on any atom is -0.483 e. The Kier molecular flexibility index (Phi) is 6.44. The molecule has 4 N–H and O–H groups in total. The van der Waals surface area contributed by atoms with Crippen molar-refractivity contribution in [1.29, 1.82) is 0 Å². The minimum absolute atomic E-state index is 0.0525. The van der Waals surface area contributed by atoms with E-state index in [0.717, 1.165) is 18.2 Å². The first-order chi connectivity index (χ1) is 18.5. The average Bonchev–Trinajstić information content (AvgIpc) is 3.34. The molecule has 1 unspecified atom stereocenters. The van der Waals surface area contributed by atoms with Crippen LogP contribution >= 0.6 is 0 Å². The van der Waals surface area contributed by atoms with E-state index in [-0.39, 0.29) is 57.6 Å². The molecule has 0 aliphatic carbocycles. The van der Waals surface area contributed by atoms with Gasteiger partial charge in [-0.25, -0.2) is 0 Å². The fourth-order valence-electron chi connectivity index (χ4n) is 5.04. The van der Waals surface area contributed by atoms with E-state index in [1.165, 1.54) is 17.0 Å². The second-order valence-corrected chi connectivity index (χ2v) is 13.4. The van der Waals surface area contributed by atoms with Gasteiger partial charge < -0.3 is 14.7 Å². The maximum atomic E-state index is 12.7. The van der Waals surface area contributed by atoms with Gasteiger partial charge in [-0.1, -0.05) is 18.2 Å². The van der Waals surface area contributed by atoms with Crippen molar-refractivity contribution >= 4 is 74.5 Å². The molecule has 17 heteroatoms. The highest BCUT2D eigenvalue weighted by molar-refractivity contribution is 7.87. The van der Waals surface area contributed by atoms with E-state index in [9.17, 15) is 48.5 Å². The third-order valence-corrected chi connectivity index (χ3v) is 9.50. The standard InChI is InChI=1S/C23H19NO13S3/c25-20(24-6-5-11(9-24)23(26)27)10-37-16-7-17(38(28,29)30)13-3-4-15-19(40(34,35)36)8-18(39(31,32)33)14-2-1-12(16)21(13)22(14)15/h1-4,7-8,11H,5-6,9-10H2,(H,26,27)(H,28,29,30)(H,31,32,33)(H,34,35,36). The van der Waals surface area contributed by atoms with Crippen LogP contribution < -0.4 is 4.74 Å². The quantitative estimate of drug-likeness (QED) is 0.172. The second kappa shape index (κ2) is 9.22. The summed E-state index contributed by atoms with van der Waals surface area (Å²) in [6, 6.07) is 6.22. The summed E-state index contributed by atoms with van der Waals surface area (Å²) >= 11 is 0. The number of carbonyl (C=O) groups is 2. The molecular weight excluding hydrogens is 594 g/mol. The lowest BCUT2D eigenvalue weighted by Gasteiger charge is -2.20. The predicted octanol–water partition coefficient (Wildman–Crippen LogP) is 1.64. The van der Waals surface area contributed by atoms with Gasteiger partial charge in [0, 0.05) is 51.5 Å². The number of amides is 1. The summed E-state index contributed by atoms with van der Waals surface area (Å²) in [7, 11) is -15.1. The van der Waals surface area contributed by atoms with Crippen LogP contribution in [0.25, 0.3) is 32.3 Å². The molecule has 1 amide bonds. The number of likely N-dealkylation sites (tertiary alicyclic amines) is 1. The Morgan fingerprint density at radius 2 is 1.23 bits per heavy atom. The zero-order valence-corrected chi connectivity index (χ0v) is 22.5. The highest BCUT2D eigenvalue weighted by Gasteiger charge is 2.32. The van der Waals surface area contributed by atoms with Gasteiger partial charge in [-0.3, -0.25) is 23.2 Å². The van der Waals surface area contributed by atoms with Crippen LogP contribution in [0.1, 0.15) is 6.42 Å². The molecule has 1 heterocycles. The second-order valence-electron chi connectivity index (χ2n) is 9.19. The number of carboxylic acid groups (broad SMARTS) is 1. The van der Waals surface area contributed by atoms with Crippen LogP contribution in [-0.2, 0) is 39.9 Å². The van der Waals surface area contributed by atoms with Crippen molar-refractivity contribution in [2.45, 2.75) is 21.1 Å². The molecule has 4 aromatic carbocycles. The minimum atomic E-state index is -5.07. The first-order valence-corrected chi connectivity index (χ1v) is 15.6. The van der Waals surface area contributed by atoms with Crippen molar-refractivity contribution in [2.24, 2.45) is 5.92 Å². The zero-order valence-electron chi connectivity index (χ0n) is 20.0. The number of hydrogen-bond acceptors (Lipinski definition) is 9. The Bertz CT molecular complexity index is 2020. The van der Waals surface area contributed by atoms with E-state index >= 15 is 0 Å². The molecular formula is C23H19NO13S3. The number of carboxylic acids is 1. The highest BCUT2D eigenvalue weighted by atomic mass is 32.2. The Hall–Kier alpha value is -3.61. The molecule has 1 aliphatic heterocycles. The van der Waals surface area contributed by atoms with E-state index < -0.39 is 69.4 Å². The molecule has 212 valence electrons. The van der Waals surface area contributed by atoms with Gasteiger partial charge in [0.25, 0.3) is 36.3 Å². The van der Waals surface area contributed by atoms with Gasteiger partial charge in [-0.2, -0.15) is 25.3 Å². The molecule has 1 saturated heterocycles. The van der Waals surface area contributed by atoms with Crippen molar-refractivity contribution in [2.75, 3.05) is 19.7 Å². The monoisotopic (exact) mass is 613 g/mol. The van der Waals surface area contributed by atoms with Crippen molar-refractivity contribution in [1.82, 2.24) is 4.90 Å². The third kappa shape index (κ3) is 4.69. The Morgan fingerprint density at radius 3 is 1.68 bits per heavy atom. The summed E-state index contributed by atoms with van der Waals surface area (Å²) in [5.41, 5.74) is 0. The Morgan fingerprint density at radius 1 is 0.775 bits per heavy atom. The highest BCUT2D eigenvalue weighted by Crippen LogP contribution is 2.45. The van der Waals surface area contributed by atoms with E-state index in [0.29, 0.717) is 6.07 Å². The normalized spacial score (nSPS) is 16.8. The van der Waals surface area contributed by atoms with Crippen LogP contribution in [0.5, 0.6) is 5.75 Å². The SMILES string of the molecule is O=C(O)C1CCN(C(=O)COc2cc(S(=O)(=O)O)c3ccc4c(S(=O)(=O)O)cc(S(=O)(=O)O)c5ccc2c3c54)C1. The summed E-state index contributed by atoms with van der Waals surface area (Å²) in [6.45, 7) is -0.554. The van der Waals surface area contributed by atoms with Crippen molar-refractivity contribution in [3.8, 4) is 5.75 Å². The number of aliphatic carboxylic acids is 1. The number of rotatable bonds is 7. The fraction of sp³-hybridized carbons (Fsp3) is 0.217. The Labute approximate surface area is 226 Å². The van der Waals surface area contributed by atoms with Crippen LogP contribution in [0, 0.1) is 5.92 Å². The van der Waals surface area contributed by atoms with E-state index in [2.05, 4.69) is 0 Å². The van der Waals surface area contributed by atoms with Crippen LogP contribution in [0.4, 0.5) is 0 Å². The lowest BCUT2D eigenvalue weighted by atomic mass is 9.93. The molecule has 1 atom stereocenters. The molecule has 1 fully saturated rings. The first-order valence-electron chi connectivity index (χ1n) is 11.3. The number of nitrogens with zero attached hydrogens (tertiary/aromatic N) is 1. The van der Waals surface area contributed by atoms with Crippen LogP contribution in [0.3, 0.4) is 0 Å². The van der Waals surface area contributed by atoms with Gasteiger partial charge in [0.15, 0.2) is 6.61 Å². The summed E-state index contributed by atoms with van der Waals surface area (Å²) < 4.78 is 108. The molecule has 4 aromatic rings. The van der Waals surface area contributed by atoms with Crippen molar-refractivity contribution in [3.05, 3.63) is 36.4 Å². The third-order valence-electron chi connectivity index (χ3n) is 6.82.